The Morgan fingerprint density at radius 2 is 2.19 bits per heavy atom. The smallest absolute Gasteiger partial charge is 0.141 e. The molecule has 1 aromatic heterocycles. The zero-order valence-corrected chi connectivity index (χ0v) is 10.3. The third-order valence-corrected chi connectivity index (χ3v) is 2.87. The van der Waals surface area contributed by atoms with Crippen molar-refractivity contribution in [2.45, 2.75) is 45.6 Å². The van der Waals surface area contributed by atoms with Crippen LogP contribution in [0.3, 0.4) is 0 Å². The summed E-state index contributed by atoms with van der Waals surface area (Å²) in [4.78, 5) is 4.06. The van der Waals surface area contributed by atoms with Crippen molar-refractivity contribution in [2.24, 2.45) is 11.7 Å². The van der Waals surface area contributed by atoms with Crippen LogP contribution in [0.5, 0.6) is 0 Å². The van der Waals surface area contributed by atoms with Gasteiger partial charge in [0, 0.05) is 0 Å². The third kappa shape index (κ3) is 3.56. The zero-order valence-electron chi connectivity index (χ0n) is 10.3. The highest BCUT2D eigenvalue weighted by Gasteiger charge is 2.24. The van der Waals surface area contributed by atoms with Gasteiger partial charge in [0.1, 0.15) is 5.82 Å². The number of hydrogen-bond acceptors (Lipinski definition) is 2. The first-order valence-electron chi connectivity index (χ1n) is 5.86. The largest absolute Gasteiger partial charge is 0.320 e. The lowest BCUT2D eigenvalue weighted by Gasteiger charge is -2.27. The van der Waals surface area contributed by atoms with Gasteiger partial charge in [-0.1, -0.05) is 26.7 Å². The van der Waals surface area contributed by atoms with Crippen molar-refractivity contribution < 1.29 is 4.39 Å². The van der Waals surface area contributed by atoms with E-state index < -0.39 is 5.54 Å². The predicted octanol–water partition coefficient (Wildman–Crippen LogP) is 3.22. The monoisotopic (exact) mass is 224 g/mol. The topological polar surface area (TPSA) is 38.9 Å². The number of aromatic nitrogens is 1. The number of rotatable bonds is 5. The fourth-order valence-corrected chi connectivity index (χ4v) is 2.14. The normalized spacial score (nSPS) is 16.8. The molecule has 0 aliphatic heterocycles. The molecule has 3 heteroatoms. The van der Waals surface area contributed by atoms with Gasteiger partial charge in [-0.15, -0.1) is 0 Å². The maximum atomic E-state index is 12.8. The zero-order chi connectivity index (χ0) is 12.2. The standard InChI is InChI=1S/C13H21FN2/c1-4-5-10(2)8-13(3,15)12-7-6-11(14)9-16-12/h6-7,9-10H,4-5,8,15H2,1-3H3. The third-order valence-electron chi connectivity index (χ3n) is 2.87. The summed E-state index contributed by atoms with van der Waals surface area (Å²) in [5.41, 5.74) is 6.53. The molecular formula is C13H21FN2. The van der Waals surface area contributed by atoms with Crippen molar-refractivity contribution in [1.29, 1.82) is 0 Å². The molecule has 0 aliphatic rings. The minimum atomic E-state index is -0.470. The van der Waals surface area contributed by atoms with E-state index in [9.17, 15) is 4.39 Å². The van der Waals surface area contributed by atoms with Gasteiger partial charge in [0.05, 0.1) is 17.4 Å². The van der Waals surface area contributed by atoms with Gasteiger partial charge in [-0.25, -0.2) is 4.39 Å². The highest BCUT2D eigenvalue weighted by molar-refractivity contribution is 5.14. The summed E-state index contributed by atoms with van der Waals surface area (Å²) in [6.07, 6.45) is 4.42. The Morgan fingerprint density at radius 3 is 2.69 bits per heavy atom. The minimum absolute atomic E-state index is 0.318. The van der Waals surface area contributed by atoms with E-state index in [1.54, 1.807) is 6.07 Å². The van der Waals surface area contributed by atoms with Crippen LogP contribution in [0.15, 0.2) is 18.3 Å². The molecule has 0 saturated heterocycles. The quantitative estimate of drug-likeness (QED) is 0.834. The molecule has 0 saturated carbocycles. The van der Waals surface area contributed by atoms with Crippen LogP contribution < -0.4 is 5.73 Å². The summed E-state index contributed by atoms with van der Waals surface area (Å²) < 4.78 is 12.8. The van der Waals surface area contributed by atoms with Gasteiger partial charge in [-0.2, -0.15) is 0 Å². The van der Waals surface area contributed by atoms with E-state index in [0.717, 1.165) is 25.0 Å². The van der Waals surface area contributed by atoms with Crippen LogP contribution in [0.25, 0.3) is 0 Å². The van der Waals surface area contributed by atoms with Crippen LogP contribution in [0.2, 0.25) is 0 Å². The van der Waals surface area contributed by atoms with Gasteiger partial charge >= 0.3 is 0 Å². The highest BCUT2D eigenvalue weighted by Crippen LogP contribution is 2.26. The van der Waals surface area contributed by atoms with Crippen LogP contribution in [0.4, 0.5) is 4.39 Å². The summed E-state index contributed by atoms with van der Waals surface area (Å²) in [5, 5.41) is 0. The van der Waals surface area contributed by atoms with E-state index in [0.29, 0.717) is 5.92 Å². The van der Waals surface area contributed by atoms with Crippen molar-refractivity contribution in [2.75, 3.05) is 0 Å². The SMILES string of the molecule is CCCC(C)CC(C)(N)c1ccc(F)cn1. The molecule has 0 bridgehead atoms. The van der Waals surface area contributed by atoms with Crippen LogP contribution >= 0.6 is 0 Å². The van der Waals surface area contributed by atoms with Gasteiger partial charge < -0.3 is 5.73 Å². The summed E-state index contributed by atoms with van der Waals surface area (Å²) >= 11 is 0. The lowest BCUT2D eigenvalue weighted by atomic mass is 9.85. The molecule has 2 unspecified atom stereocenters. The van der Waals surface area contributed by atoms with Crippen molar-refractivity contribution in [3.05, 3.63) is 29.8 Å². The highest BCUT2D eigenvalue weighted by atomic mass is 19.1. The van der Waals surface area contributed by atoms with Gasteiger partial charge in [0.25, 0.3) is 0 Å². The van der Waals surface area contributed by atoms with Gasteiger partial charge in [0.2, 0.25) is 0 Å². The molecule has 0 aliphatic carbocycles. The average Bonchev–Trinajstić information content (AvgIpc) is 2.17. The maximum Gasteiger partial charge on any atom is 0.141 e. The summed E-state index contributed by atoms with van der Waals surface area (Å²) in [7, 11) is 0. The molecule has 1 aromatic rings. The molecule has 16 heavy (non-hydrogen) atoms. The molecule has 2 nitrogen and oxygen atoms in total. The number of hydrogen-bond donors (Lipinski definition) is 1. The molecule has 0 amide bonds. The fourth-order valence-electron chi connectivity index (χ4n) is 2.14. The predicted molar refractivity (Wildman–Crippen MR) is 64.4 cm³/mol. The van der Waals surface area contributed by atoms with Gasteiger partial charge in [0.15, 0.2) is 0 Å². The average molecular weight is 224 g/mol. The maximum absolute atomic E-state index is 12.8. The van der Waals surface area contributed by atoms with Gasteiger partial charge in [-0.05, 0) is 31.4 Å². The molecule has 0 spiro atoms. The molecular weight excluding hydrogens is 203 g/mol. The number of nitrogens with zero attached hydrogens (tertiary/aromatic N) is 1. The number of pyridine rings is 1. The summed E-state index contributed by atoms with van der Waals surface area (Å²) in [6.45, 7) is 6.32. The Balaban J connectivity index is 2.72. The summed E-state index contributed by atoms with van der Waals surface area (Å²) in [6, 6.07) is 3.09. The Bertz CT molecular complexity index is 319. The Morgan fingerprint density at radius 1 is 1.50 bits per heavy atom. The molecule has 0 aromatic carbocycles. The first-order chi connectivity index (χ1) is 7.45. The molecule has 0 fully saturated rings. The molecule has 1 heterocycles. The van der Waals surface area contributed by atoms with E-state index in [4.69, 9.17) is 5.73 Å². The first kappa shape index (κ1) is 13.1. The number of nitrogens with two attached hydrogens (primary N) is 1. The number of halogens is 1. The second kappa shape index (κ2) is 5.39. The Labute approximate surface area is 97.1 Å². The van der Waals surface area contributed by atoms with E-state index in [1.165, 1.54) is 12.3 Å². The second-order valence-corrected chi connectivity index (χ2v) is 4.88. The fraction of sp³-hybridized carbons (Fsp3) is 0.615. The van der Waals surface area contributed by atoms with E-state index >= 15 is 0 Å². The van der Waals surface area contributed by atoms with Crippen molar-refractivity contribution >= 4 is 0 Å². The van der Waals surface area contributed by atoms with Crippen molar-refractivity contribution in [3.8, 4) is 0 Å². The Hall–Kier alpha value is -0.960. The first-order valence-corrected chi connectivity index (χ1v) is 5.86. The van der Waals surface area contributed by atoms with E-state index in [-0.39, 0.29) is 5.82 Å². The molecule has 2 atom stereocenters. The summed E-state index contributed by atoms with van der Waals surface area (Å²) in [5.74, 6) is 0.244. The van der Waals surface area contributed by atoms with E-state index in [2.05, 4.69) is 18.8 Å². The van der Waals surface area contributed by atoms with E-state index in [1.807, 2.05) is 6.92 Å². The van der Waals surface area contributed by atoms with Gasteiger partial charge in [-0.3, -0.25) is 4.98 Å². The molecule has 90 valence electrons. The van der Waals surface area contributed by atoms with Crippen LogP contribution in [-0.4, -0.2) is 4.98 Å². The molecule has 1 rings (SSSR count). The van der Waals surface area contributed by atoms with Crippen LogP contribution in [-0.2, 0) is 5.54 Å². The molecule has 2 N–H and O–H groups in total. The minimum Gasteiger partial charge on any atom is -0.320 e. The van der Waals surface area contributed by atoms with Crippen molar-refractivity contribution in [1.82, 2.24) is 4.98 Å². The molecule has 0 radical (unpaired) electrons. The van der Waals surface area contributed by atoms with Crippen LogP contribution in [0, 0.1) is 11.7 Å². The second-order valence-electron chi connectivity index (χ2n) is 4.88. The lowest BCUT2D eigenvalue weighted by molar-refractivity contribution is 0.339. The van der Waals surface area contributed by atoms with Crippen molar-refractivity contribution in [3.63, 3.8) is 0 Å². The Kier molecular flexibility index (Phi) is 4.42. The lowest BCUT2D eigenvalue weighted by Crippen LogP contribution is -2.35. The van der Waals surface area contributed by atoms with Crippen LogP contribution in [0.1, 0.15) is 45.7 Å².